The van der Waals surface area contributed by atoms with E-state index >= 15 is 0 Å². The number of nitrogens with zero attached hydrogens (tertiary/aromatic N) is 3. The van der Waals surface area contributed by atoms with Gasteiger partial charge in [0.2, 0.25) is 0 Å². The lowest BCUT2D eigenvalue weighted by Gasteiger charge is -2.44. The summed E-state index contributed by atoms with van der Waals surface area (Å²) in [5, 5.41) is 8.71. The topological polar surface area (TPSA) is 30.3 Å². The van der Waals surface area contributed by atoms with Gasteiger partial charge >= 0.3 is 0 Å². The Balaban J connectivity index is 2.36. The Hall–Kier alpha value is -0.373. The number of hydrogen-bond acceptors (Lipinski definition) is 3. The van der Waals surface area contributed by atoms with Crippen molar-refractivity contribution in [2.45, 2.75) is 64.6 Å². The van der Waals surface area contributed by atoms with Gasteiger partial charge in [0.05, 0.1) is 6.07 Å². The fourth-order valence-electron chi connectivity index (χ4n) is 2.90. The Morgan fingerprint density at radius 1 is 1.16 bits per heavy atom. The van der Waals surface area contributed by atoms with Crippen LogP contribution in [-0.2, 0) is 0 Å². The second-order valence-corrected chi connectivity index (χ2v) is 11.2. The molecule has 0 aliphatic carbocycles. The van der Waals surface area contributed by atoms with E-state index in [1.54, 1.807) is 0 Å². The van der Waals surface area contributed by atoms with Gasteiger partial charge in [0.25, 0.3) is 0 Å². The van der Waals surface area contributed by atoms with Gasteiger partial charge in [-0.25, -0.2) is 0 Å². The largest absolute Gasteiger partial charge is 0.312 e. The average molecular weight is 282 g/mol. The molecular formula is C15H31N3Si. The predicted octanol–water partition coefficient (Wildman–Crippen LogP) is 3.65. The van der Waals surface area contributed by atoms with Gasteiger partial charge in [0.1, 0.15) is 8.24 Å². The number of nitriles is 1. The third kappa shape index (κ3) is 6.07. The highest BCUT2D eigenvalue weighted by Gasteiger charge is 2.31. The molecule has 0 amide bonds. The molecule has 0 atom stereocenters. The highest BCUT2D eigenvalue weighted by Crippen LogP contribution is 2.22. The van der Waals surface area contributed by atoms with E-state index in [0.29, 0.717) is 6.42 Å². The van der Waals surface area contributed by atoms with Crippen LogP contribution in [0.1, 0.15) is 45.4 Å². The Morgan fingerprint density at radius 2 is 1.95 bits per heavy atom. The zero-order valence-electron chi connectivity index (χ0n) is 13.1. The van der Waals surface area contributed by atoms with Gasteiger partial charge in [-0.15, -0.1) is 0 Å². The molecule has 0 aromatic carbocycles. The van der Waals surface area contributed by atoms with Crippen LogP contribution < -0.4 is 0 Å². The van der Waals surface area contributed by atoms with E-state index in [-0.39, 0.29) is 0 Å². The first kappa shape index (κ1) is 16.7. The predicted molar refractivity (Wildman–Crippen MR) is 84.4 cm³/mol. The molecule has 110 valence electrons. The first-order valence-electron chi connectivity index (χ1n) is 7.94. The van der Waals surface area contributed by atoms with Crippen molar-refractivity contribution >= 4 is 8.24 Å². The third-order valence-corrected chi connectivity index (χ3v) is 7.97. The zero-order valence-corrected chi connectivity index (χ0v) is 14.1. The Kier molecular flexibility index (Phi) is 7.66. The summed E-state index contributed by atoms with van der Waals surface area (Å²) in [6, 6.07) is 3.70. The number of rotatable bonds is 8. The van der Waals surface area contributed by atoms with E-state index in [0.717, 1.165) is 13.2 Å². The molecule has 1 saturated heterocycles. The molecule has 0 unspecified atom stereocenters. The lowest BCUT2D eigenvalue weighted by atomic mass is 10.2. The number of hydrogen-bond donors (Lipinski definition) is 0. The van der Waals surface area contributed by atoms with Crippen LogP contribution in [0.25, 0.3) is 0 Å². The van der Waals surface area contributed by atoms with Crippen LogP contribution in [0, 0.1) is 11.3 Å². The van der Waals surface area contributed by atoms with E-state index in [2.05, 4.69) is 35.6 Å². The number of unbranched alkanes of at least 4 members (excludes halogenated alkanes) is 3. The Morgan fingerprint density at radius 3 is 2.63 bits per heavy atom. The average Bonchev–Trinajstić information content (AvgIpc) is 2.42. The maximum absolute atomic E-state index is 8.71. The summed E-state index contributed by atoms with van der Waals surface area (Å²) in [7, 11) is -1.22. The van der Waals surface area contributed by atoms with E-state index in [4.69, 9.17) is 5.26 Å². The first-order chi connectivity index (χ1) is 9.10. The van der Waals surface area contributed by atoms with E-state index < -0.39 is 8.24 Å². The molecule has 19 heavy (non-hydrogen) atoms. The lowest BCUT2D eigenvalue weighted by Crippen LogP contribution is -2.57. The van der Waals surface area contributed by atoms with E-state index in [1.807, 2.05) is 0 Å². The van der Waals surface area contributed by atoms with Gasteiger partial charge in [-0.1, -0.05) is 45.7 Å². The fourth-order valence-corrected chi connectivity index (χ4v) is 5.67. The molecular weight excluding hydrogens is 250 g/mol. The molecule has 1 aliphatic rings. The van der Waals surface area contributed by atoms with Crippen molar-refractivity contribution in [1.29, 1.82) is 5.26 Å². The summed E-state index contributed by atoms with van der Waals surface area (Å²) in [4.78, 5) is 2.47. The molecule has 4 heteroatoms. The molecule has 0 aromatic heterocycles. The minimum atomic E-state index is -1.22. The second kappa shape index (κ2) is 8.73. The van der Waals surface area contributed by atoms with Gasteiger partial charge in [-0.2, -0.15) is 5.26 Å². The molecule has 1 aliphatic heterocycles. The van der Waals surface area contributed by atoms with Crippen molar-refractivity contribution in [1.82, 2.24) is 9.47 Å². The van der Waals surface area contributed by atoms with Crippen molar-refractivity contribution in [3.63, 3.8) is 0 Å². The maximum Gasteiger partial charge on any atom is 0.123 e. The molecule has 0 saturated carbocycles. The minimum Gasteiger partial charge on any atom is -0.312 e. The van der Waals surface area contributed by atoms with Gasteiger partial charge in [-0.05, 0) is 19.0 Å². The van der Waals surface area contributed by atoms with Gasteiger partial charge in [-0.3, -0.25) is 4.90 Å². The summed E-state index contributed by atoms with van der Waals surface area (Å²) in [5.74, 6) is 0. The van der Waals surface area contributed by atoms with Crippen LogP contribution >= 0.6 is 0 Å². The molecule has 0 N–H and O–H groups in total. The second-order valence-electron chi connectivity index (χ2n) is 6.41. The van der Waals surface area contributed by atoms with Crippen molar-refractivity contribution < 1.29 is 0 Å². The van der Waals surface area contributed by atoms with E-state index in [1.165, 1.54) is 51.2 Å². The zero-order chi connectivity index (χ0) is 14.1. The summed E-state index contributed by atoms with van der Waals surface area (Å²) >= 11 is 0. The molecule has 3 nitrogen and oxygen atoms in total. The van der Waals surface area contributed by atoms with Gasteiger partial charge in [0.15, 0.2) is 0 Å². The smallest absolute Gasteiger partial charge is 0.123 e. The van der Waals surface area contributed by atoms with Crippen LogP contribution in [0.5, 0.6) is 0 Å². The van der Waals surface area contributed by atoms with Crippen LogP contribution in [0.4, 0.5) is 0 Å². The lowest BCUT2D eigenvalue weighted by molar-refractivity contribution is 0.143. The normalized spacial score (nSPS) is 18.4. The molecule has 1 fully saturated rings. The molecule has 1 heterocycles. The Bertz CT molecular complexity index is 286. The van der Waals surface area contributed by atoms with Crippen molar-refractivity contribution in [2.24, 2.45) is 0 Å². The van der Waals surface area contributed by atoms with Gasteiger partial charge in [0, 0.05) is 26.2 Å². The quantitative estimate of drug-likeness (QED) is 0.502. The third-order valence-electron chi connectivity index (χ3n) is 4.31. The molecule has 0 bridgehead atoms. The SMILES string of the molecule is CCCCCC[Si](C)(C)N1CCCN(CCC#N)C1. The fraction of sp³-hybridized carbons (Fsp3) is 0.933. The van der Waals surface area contributed by atoms with Gasteiger partial charge < -0.3 is 4.57 Å². The maximum atomic E-state index is 8.71. The molecule has 0 radical (unpaired) electrons. The highest BCUT2D eigenvalue weighted by molar-refractivity contribution is 6.74. The summed E-state index contributed by atoms with van der Waals surface area (Å²) < 4.78 is 2.75. The standard InChI is InChI=1S/C15H31N3Si/c1-4-5-6-7-14-19(2,3)18-13-9-12-17(15-18)11-8-10-16/h4-9,11-15H2,1-3H3. The van der Waals surface area contributed by atoms with Crippen molar-refractivity contribution in [3.8, 4) is 6.07 Å². The van der Waals surface area contributed by atoms with Crippen LogP contribution in [0.2, 0.25) is 19.1 Å². The first-order valence-corrected chi connectivity index (χ1v) is 11.1. The summed E-state index contributed by atoms with van der Waals surface area (Å²) in [5.41, 5.74) is 0. The highest BCUT2D eigenvalue weighted by atomic mass is 28.3. The van der Waals surface area contributed by atoms with Crippen LogP contribution in [0.3, 0.4) is 0 Å². The van der Waals surface area contributed by atoms with Crippen molar-refractivity contribution in [3.05, 3.63) is 0 Å². The van der Waals surface area contributed by atoms with Crippen molar-refractivity contribution in [2.75, 3.05) is 26.3 Å². The molecule has 1 rings (SSSR count). The summed E-state index contributed by atoms with van der Waals surface area (Å²) in [6.07, 6.45) is 7.47. The molecule has 0 spiro atoms. The minimum absolute atomic E-state index is 0.673. The Labute approximate surface area is 120 Å². The molecule has 0 aromatic rings. The van der Waals surface area contributed by atoms with Crippen LogP contribution in [0.15, 0.2) is 0 Å². The van der Waals surface area contributed by atoms with Crippen LogP contribution in [-0.4, -0.2) is 44.0 Å². The summed E-state index contributed by atoms with van der Waals surface area (Å²) in [6.45, 7) is 11.8. The monoisotopic (exact) mass is 281 g/mol. The van der Waals surface area contributed by atoms with E-state index in [9.17, 15) is 0 Å².